The Morgan fingerprint density at radius 1 is 1.30 bits per heavy atom. The predicted molar refractivity (Wildman–Crippen MR) is 79.6 cm³/mol. The molecule has 1 N–H and O–H groups in total. The first-order valence-corrected chi connectivity index (χ1v) is 7.78. The van der Waals surface area contributed by atoms with Crippen LogP contribution in [0.3, 0.4) is 0 Å². The van der Waals surface area contributed by atoms with E-state index in [0.717, 1.165) is 18.2 Å². The molecular formula is C16H22N4. The van der Waals surface area contributed by atoms with Crippen molar-refractivity contribution in [1.82, 2.24) is 19.6 Å². The van der Waals surface area contributed by atoms with Crippen molar-refractivity contribution in [3.8, 4) is 0 Å². The zero-order chi connectivity index (χ0) is 13.4. The average molecular weight is 270 g/mol. The second-order valence-corrected chi connectivity index (χ2v) is 6.13. The van der Waals surface area contributed by atoms with Crippen molar-refractivity contribution >= 4 is 5.65 Å². The number of rotatable bonds is 5. The molecule has 0 unspecified atom stereocenters. The molecule has 1 saturated carbocycles. The van der Waals surface area contributed by atoms with E-state index in [1.807, 2.05) is 12.3 Å². The number of hydrogen-bond acceptors (Lipinski definition) is 3. The summed E-state index contributed by atoms with van der Waals surface area (Å²) >= 11 is 0. The van der Waals surface area contributed by atoms with Gasteiger partial charge in [0.2, 0.25) is 0 Å². The molecule has 0 amide bonds. The first-order valence-electron chi connectivity index (χ1n) is 7.78. The van der Waals surface area contributed by atoms with E-state index in [4.69, 9.17) is 0 Å². The van der Waals surface area contributed by atoms with Crippen LogP contribution in [0.4, 0.5) is 0 Å². The molecule has 3 heterocycles. The third kappa shape index (κ3) is 2.45. The molecule has 1 aliphatic carbocycles. The second-order valence-electron chi connectivity index (χ2n) is 6.13. The van der Waals surface area contributed by atoms with Crippen molar-refractivity contribution in [1.29, 1.82) is 0 Å². The molecule has 4 rings (SSSR count). The van der Waals surface area contributed by atoms with Gasteiger partial charge in [-0.15, -0.1) is 0 Å². The molecule has 2 aromatic rings. The van der Waals surface area contributed by atoms with Gasteiger partial charge in [-0.1, -0.05) is 6.07 Å². The minimum Gasteiger partial charge on any atom is -0.313 e. The Morgan fingerprint density at radius 3 is 3.05 bits per heavy atom. The summed E-state index contributed by atoms with van der Waals surface area (Å²) in [6, 6.07) is 7.69. The van der Waals surface area contributed by atoms with E-state index in [-0.39, 0.29) is 0 Å². The van der Waals surface area contributed by atoms with Gasteiger partial charge in [0.15, 0.2) is 0 Å². The minimum atomic E-state index is 0.690. The van der Waals surface area contributed by atoms with Crippen LogP contribution < -0.4 is 5.32 Å². The Hall–Kier alpha value is -1.39. The van der Waals surface area contributed by atoms with Gasteiger partial charge in [0, 0.05) is 31.4 Å². The van der Waals surface area contributed by atoms with E-state index >= 15 is 0 Å². The molecule has 1 saturated heterocycles. The number of aromatic nitrogens is 2. The summed E-state index contributed by atoms with van der Waals surface area (Å²) < 4.78 is 2.22. The van der Waals surface area contributed by atoms with Crippen molar-refractivity contribution in [3.63, 3.8) is 0 Å². The van der Waals surface area contributed by atoms with Gasteiger partial charge in [0.25, 0.3) is 0 Å². The molecule has 4 heteroatoms. The number of fused-ring (bicyclic) bond motifs is 1. The van der Waals surface area contributed by atoms with Gasteiger partial charge in [-0.2, -0.15) is 0 Å². The lowest BCUT2D eigenvalue weighted by molar-refractivity contribution is 0.228. The van der Waals surface area contributed by atoms with Gasteiger partial charge in [-0.3, -0.25) is 4.90 Å². The van der Waals surface area contributed by atoms with Crippen LogP contribution in [0, 0.1) is 0 Å². The highest BCUT2D eigenvalue weighted by atomic mass is 15.2. The molecule has 0 bridgehead atoms. The summed E-state index contributed by atoms with van der Waals surface area (Å²) in [7, 11) is 0. The maximum atomic E-state index is 4.50. The van der Waals surface area contributed by atoms with E-state index < -0.39 is 0 Å². The van der Waals surface area contributed by atoms with E-state index in [2.05, 4.69) is 37.9 Å². The van der Waals surface area contributed by atoms with E-state index in [1.54, 1.807) is 0 Å². The molecule has 4 nitrogen and oxygen atoms in total. The Bertz CT molecular complexity index is 581. The zero-order valence-electron chi connectivity index (χ0n) is 11.8. The molecule has 2 fully saturated rings. The van der Waals surface area contributed by atoms with Crippen molar-refractivity contribution in [2.75, 3.05) is 13.1 Å². The minimum absolute atomic E-state index is 0.690. The molecule has 106 valence electrons. The zero-order valence-corrected chi connectivity index (χ0v) is 11.8. The highest BCUT2D eigenvalue weighted by molar-refractivity contribution is 5.39. The molecule has 0 aromatic carbocycles. The van der Waals surface area contributed by atoms with Gasteiger partial charge < -0.3 is 9.72 Å². The first-order chi connectivity index (χ1) is 9.90. The number of hydrogen-bond donors (Lipinski definition) is 1. The molecule has 1 aliphatic heterocycles. The predicted octanol–water partition coefficient (Wildman–Crippen LogP) is 2.05. The molecule has 2 aromatic heterocycles. The quantitative estimate of drug-likeness (QED) is 0.902. The number of pyridine rings is 1. The highest BCUT2D eigenvalue weighted by Crippen LogP contribution is 2.29. The molecule has 2 aliphatic rings. The summed E-state index contributed by atoms with van der Waals surface area (Å²) in [5.74, 6) is 0. The second kappa shape index (κ2) is 5.19. The maximum Gasteiger partial charge on any atom is 0.136 e. The van der Waals surface area contributed by atoms with Crippen molar-refractivity contribution in [3.05, 3.63) is 36.3 Å². The Balaban J connectivity index is 1.52. The fourth-order valence-electron chi connectivity index (χ4n) is 3.29. The van der Waals surface area contributed by atoms with E-state index in [0.29, 0.717) is 6.04 Å². The van der Waals surface area contributed by atoms with Crippen LogP contribution in [-0.4, -0.2) is 39.5 Å². The third-order valence-corrected chi connectivity index (χ3v) is 4.54. The smallest absolute Gasteiger partial charge is 0.136 e. The van der Waals surface area contributed by atoms with Crippen molar-refractivity contribution in [2.45, 2.75) is 44.3 Å². The monoisotopic (exact) mass is 270 g/mol. The summed E-state index contributed by atoms with van der Waals surface area (Å²) in [6.07, 6.45) is 9.55. The molecular weight excluding hydrogens is 248 g/mol. The van der Waals surface area contributed by atoms with E-state index in [9.17, 15) is 0 Å². The lowest BCUT2D eigenvalue weighted by atomic mass is 10.2. The van der Waals surface area contributed by atoms with Gasteiger partial charge >= 0.3 is 0 Å². The summed E-state index contributed by atoms with van der Waals surface area (Å²) in [4.78, 5) is 7.16. The first kappa shape index (κ1) is 12.4. The summed E-state index contributed by atoms with van der Waals surface area (Å²) in [5, 5.41) is 3.62. The van der Waals surface area contributed by atoms with Crippen LogP contribution in [0.1, 0.15) is 31.4 Å². The van der Waals surface area contributed by atoms with E-state index in [1.165, 1.54) is 44.5 Å². The highest BCUT2D eigenvalue weighted by Gasteiger charge is 2.31. The molecule has 20 heavy (non-hydrogen) atoms. The van der Waals surface area contributed by atoms with Gasteiger partial charge in [-0.05, 0) is 44.4 Å². The van der Waals surface area contributed by atoms with Gasteiger partial charge in [0.1, 0.15) is 5.65 Å². The molecule has 0 spiro atoms. The van der Waals surface area contributed by atoms with Crippen molar-refractivity contribution in [2.24, 2.45) is 0 Å². The van der Waals surface area contributed by atoms with Gasteiger partial charge in [-0.25, -0.2) is 4.98 Å². The van der Waals surface area contributed by atoms with Crippen molar-refractivity contribution < 1.29 is 0 Å². The average Bonchev–Trinajstić information content (AvgIpc) is 3.05. The summed E-state index contributed by atoms with van der Waals surface area (Å²) in [6.45, 7) is 3.40. The molecule has 0 radical (unpaired) electrons. The van der Waals surface area contributed by atoms with Crippen LogP contribution in [0.5, 0.6) is 0 Å². The fourth-order valence-corrected chi connectivity index (χ4v) is 3.29. The van der Waals surface area contributed by atoms with Gasteiger partial charge in [0.05, 0.1) is 11.9 Å². The fraction of sp³-hybridized carbons (Fsp3) is 0.562. The van der Waals surface area contributed by atoms with Crippen LogP contribution in [0.15, 0.2) is 30.6 Å². The Labute approximate surface area is 119 Å². The van der Waals surface area contributed by atoms with Crippen LogP contribution in [0.2, 0.25) is 0 Å². The SMILES string of the molecule is c1ccn2c(CN(C[C@H]3CCCN3)C3CC3)cnc2c1. The van der Waals surface area contributed by atoms with Crippen LogP contribution in [-0.2, 0) is 6.54 Å². The standard InChI is InChI=1S/C16H22N4/c1-2-9-20-15(10-18-16(20)5-1)12-19(14-6-7-14)11-13-4-3-8-17-13/h1-2,5,9-10,13-14,17H,3-4,6-8,11-12H2/t13-/m1/s1. The number of nitrogens with one attached hydrogen (secondary N) is 1. The van der Waals surface area contributed by atoms with Crippen LogP contribution in [0.25, 0.3) is 5.65 Å². The van der Waals surface area contributed by atoms with Crippen LogP contribution >= 0.6 is 0 Å². The third-order valence-electron chi connectivity index (χ3n) is 4.54. The topological polar surface area (TPSA) is 32.6 Å². The summed E-state index contributed by atoms with van der Waals surface area (Å²) in [5.41, 5.74) is 2.36. The number of imidazole rings is 1. The normalized spacial score (nSPS) is 22.9. The lowest BCUT2D eigenvalue weighted by Gasteiger charge is -2.25. The largest absolute Gasteiger partial charge is 0.313 e. The maximum absolute atomic E-state index is 4.50. The number of nitrogens with zero attached hydrogens (tertiary/aromatic N) is 3. The molecule has 1 atom stereocenters. The Morgan fingerprint density at radius 2 is 2.25 bits per heavy atom. The Kier molecular flexibility index (Phi) is 3.20. The lowest BCUT2D eigenvalue weighted by Crippen LogP contribution is -2.38.